The molecule has 3 nitrogen and oxygen atoms in total. The molecule has 2 aliphatic rings. The normalized spacial score (nSPS) is 18.5. The monoisotopic (exact) mass is 635 g/mol. The second kappa shape index (κ2) is 9.54. The third-order valence-electron chi connectivity index (χ3n) is 9.58. The number of fused-ring (bicyclic) bond motifs is 13. The second-order valence-electron chi connectivity index (χ2n) is 12.0. The Labute approximate surface area is 271 Å². The van der Waals surface area contributed by atoms with E-state index in [0.29, 0.717) is 0 Å². The smallest absolute Gasteiger partial charge is 0.198 e. The Bertz CT molecular complexity index is 2740. The number of hydrogen-bond acceptors (Lipinski definition) is 4. The van der Waals surface area contributed by atoms with Gasteiger partial charge in [0.25, 0.3) is 0 Å². The van der Waals surface area contributed by atoms with Crippen molar-refractivity contribution in [3.05, 3.63) is 125 Å². The van der Waals surface area contributed by atoms with Crippen LogP contribution in [-0.2, 0) is 0 Å². The lowest BCUT2D eigenvalue weighted by atomic mass is 9.93. The number of thiophene rings is 2. The van der Waals surface area contributed by atoms with Gasteiger partial charge in [-0.3, -0.25) is 0 Å². The van der Waals surface area contributed by atoms with Gasteiger partial charge in [0.05, 0.1) is 20.9 Å². The number of alkyl halides is 1. The zero-order chi connectivity index (χ0) is 29.8. The molecule has 6 heteroatoms. The lowest BCUT2D eigenvalue weighted by molar-refractivity contribution is 0.407. The van der Waals surface area contributed by atoms with Gasteiger partial charge < -0.3 is 9.47 Å². The van der Waals surface area contributed by atoms with Crippen LogP contribution < -0.4 is 9.89 Å². The van der Waals surface area contributed by atoms with E-state index in [1.807, 2.05) is 22.7 Å². The summed E-state index contributed by atoms with van der Waals surface area (Å²) in [6.45, 7) is 0. The summed E-state index contributed by atoms with van der Waals surface area (Å²) < 4.78 is 7.72. The molecule has 2 unspecified atom stereocenters. The molecule has 0 radical (unpaired) electrons. The van der Waals surface area contributed by atoms with E-state index in [2.05, 4.69) is 132 Å². The van der Waals surface area contributed by atoms with Gasteiger partial charge in [-0.25, -0.2) is 4.99 Å². The van der Waals surface area contributed by atoms with Gasteiger partial charge in [0.1, 0.15) is 0 Å². The molecule has 0 bridgehead atoms. The number of hydrogen-bond donors (Lipinski definition) is 0. The molecule has 45 heavy (non-hydrogen) atoms. The fraction of sp³-hybridized carbons (Fsp3) is 0.103. The highest BCUT2D eigenvalue weighted by molar-refractivity contribution is 7.27. The molecule has 1 aliphatic carbocycles. The molecule has 1 aliphatic heterocycles. The highest BCUT2D eigenvalue weighted by Gasteiger charge is 2.30. The second-order valence-corrected chi connectivity index (χ2v) is 14.5. The van der Waals surface area contributed by atoms with Crippen molar-refractivity contribution >= 4 is 109 Å². The minimum absolute atomic E-state index is 0.157. The van der Waals surface area contributed by atoms with E-state index in [1.165, 1.54) is 78.8 Å². The lowest BCUT2D eigenvalue weighted by Crippen LogP contribution is -2.42. The molecular weight excluding hydrogens is 610 g/mol. The summed E-state index contributed by atoms with van der Waals surface area (Å²) in [5.41, 5.74) is 4.65. The summed E-state index contributed by atoms with van der Waals surface area (Å²) in [4.78, 5) is 7.10. The first-order valence-corrected chi connectivity index (χ1v) is 17.3. The molecule has 8 aromatic rings. The number of aromatic nitrogens is 1. The summed E-state index contributed by atoms with van der Waals surface area (Å²) in [7, 11) is 2.09. The molecule has 3 aromatic heterocycles. The molecule has 0 saturated carbocycles. The highest BCUT2D eigenvalue weighted by Crippen LogP contribution is 2.48. The topological polar surface area (TPSA) is 20.5 Å². The van der Waals surface area contributed by atoms with Gasteiger partial charge in [-0.05, 0) is 36.1 Å². The molecule has 0 fully saturated rings. The maximum atomic E-state index is 6.92. The third-order valence-corrected chi connectivity index (χ3v) is 12.4. The minimum Gasteiger partial charge on any atom is -0.342 e. The van der Waals surface area contributed by atoms with E-state index in [-0.39, 0.29) is 5.92 Å². The van der Waals surface area contributed by atoms with Crippen LogP contribution in [0.25, 0.3) is 74.2 Å². The average molecular weight is 636 g/mol. The van der Waals surface area contributed by atoms with E-state index in [1.54, 1.807) is 0 Å². The maximum Gasteiger partial charge on any atom is 0.198 e. The van der Waals surface area contributed by atoms with E-state index in [9.17, 15) is 0 Å². The first kappa shape index (κ1) is 25.9. The van der Waals surface area contributed by atoms with Gasteiger partial charge in [0.2, 0.25) is 0 Å². The standard InChI is InChI=1S/C39H26ClN3S2/c1-42-35(38-34(41-39(42)40)28-17-6-9-20-31(28)45-38)22-11-10-12-23(21-22)43-29-18-7-4-15-26(29)32-24-13-2-3-14-25(24)37-33(36(32)43)27-16-5-8-19-30(27)44-37/h2-20,22,39H,21H2,1H3. The number of benzene rings is 5. The van der Waals surface area contributed by atoms with Gasteiger partial charge in [-0.2, -0.15) is 0 Å². The van der Waals surface area contributed by atoms with Gasteiger partial charge in [-0.1, -0.05) is 103 Å². The Hall–Kier alpha value is -4.42. The summed E-state index contributed by atoms with van der Waals surface area (Å²) >= 11 is 10.7. The Morgan fingerprint density at radius 2 is 1.40 bits per heavy atom. The van der Waals surface area contributed by atoms with Gasteiger partial charge >= 0.3 is 0 Å². The Morgan fingerprint density at radius 3 is 2.22 bits per heavy atom. The molecule has 10 rings (SSSR count). The van der Waals surface area contributed by atoms with Crippen molar-refractivity contribution in [3.63, 3.8) is 0 Å². The van der Waals surface area contributed by atoms with Crippen LogP contribution in [0.3, 0.4) is 0 Å². The summed E-state index contributed by atoms with van der Waals surface area (Å²) in [5.74, 6) is 0.157. The van der Waals surface area contributed by atoms with Gasteiger partial charge in [0.15, 0.2) is 5.62 Å². The van der Waals surface area contributed by atoms with Crippen molar-refractivity contribution in [1.82, 2.24) is 9.47 Å². The minimum atomic E-state index is -0.440. The maximum absolute atomic E-state index is 6.92. The summed E-state index contributed by atoms with van der Waals surface area (Å²) in [5, 5.41) is 10.2. The Balaban J connectivity index is 1.28. The predicted molar refractivity (Wildman–Crippen MR) is 195 cm³/mol. The van der Waals surface area contributed by atoms with Gasteiger partial charge in [0, 0.05) is 70.8 Å². The molecule has 2 atom stereocenters. The van der Waals surface area contributed by atoms with Gasteiger partial charge in [-0.15, -0.1) is 22.7 Å². The zero-order valence-corrected chi connectivity index (χ0v) is 26.8. The Kier molecular flexibility index (Phi) is 5.48. The van der Waals surface area contributed by atoms with Crippen molar-refractivity contribution in [1.29, 1.82) is 0 Å². The average Bonchev–Trinajstić information content (AvgIpc) is 3.75. The summed E-state index contributed by atoms with van der Waals surface area (Å²) in [6, 6.07) is 35.3. The van der Waals surface area contributed by atoms with Crippen LogP contribution in [0.2, 0.25) is 0 Å². The number of para-hydroxylation sites is 1. The fourth-order valence-electron chi connectivity index (χ4n) is 7.66. The quantitative estimate of drug-likeness (QED) is 0.137. The molecule has 4 heterocycles. The SMILES string of the molecule is CN1C(C2C=CC=C(n3c4ccccc4c4c5ccccc5c5sc6ccccc6c5c43)C2)=c2sc3ccccc3c2=NC1Cl. The molecular formula is C39H26ClN3S2. The third kappa shape index (κ3) is 3.54. The number of halogens is 1. The largest absolute Gasteiger partial charge is 0.342 e. The van der Waals surface area contributed by atoms with E-state index >= 15 is 0 Å². The summed E-state index contributed by atoms with van der Waals surface area (Å²) in [6.07, 6.45) is 7.77. The predicted octanol–water partition coefficient (Wildman–Crippen LogP) is 9.84. The van der Waals surface area contributed by atoms with Crippen molar-refractivity contribution in [3.8, 4) is 0 Å². The fourth-order valence-corrected chi connectivity index (χ4v) is 10.4. The van der Waals surface area contributed by atoms with Crippen LogP contribution >= 0.6 is 34.3 Å². The highest BCUT2D eigenvalue weighted by atomic mass is 35.5. The number of nitrogens with zero attached hydrogens (tertiary/aromatic N) is 3. The van der Waals surface area contributed by atoms with Crippen molar-refractivity contribution in [2.75, 3.05) is 7.05 Å². The van der Waals surface area contributed by atoms with E-state index < -0.39 is 5.62 Å². The first-order chi connectivity index (χ1) is 22.2. The van der Waals surface area contributed by atoms with Crippen molar-refractivity contribution in [2.24, 2.45) is 10.9 Å². The molecule has 0 N–H and O–H groups in total. The molecule has 5 aromatic carbocycles. The molecule has 0 saturated heterocycles. The number of allylic oxidation sites excluding steroid dienone is 3. The van der Waals surface area contributed by atoms with E-state index in [0.717, 1.165) is 11.8 Å². The van der Waals surface area contributed by atoms with Crippen LogP contribution in [0.1, 0.15) is 6.42 Å². The Morgan fingerprint density at radius 1 is 0.733 bits per heavy atom. The number of rotatable bonds is 2. The van der Waals surface area contributed by atoms with Crippen LogP contribution in [0.4, 0.5) is 0 Å². The van der Waals surface area contributed by atoms with Crippen molar-refractivity contribution in [2.45, 2.75) is 12.0 Å². The zero-order valence-electron chi connectivity index (χ0n) is 24.4. The van der Waals surface area contributed by atoms with Crippen LogP contribution in [0.5, 0.6) is 0 Å². The van der Waals surface area contributed by atoms with Crippen LogP contribution in [0, 0.1) is 5.92 Å². The first-order valence-electron chi connectivity index (χ1n) is 15.3. The molecule has 0 amide bonds. The van der Waals surface area contributed by atoms with Crippen LogP contribution in [0.15, 0.2) is 120 Å². The van der Waals surface area contributed by atoms with Crippen molar-refractivity contribution < 1.29 is 0 Å². The lowest BCUT2D eigenvalue weighted by Gasteiger charge is -2.33. The van der Waals surface area contributed by atoms with Crippen LogP contribution in [-0.4, -0.2) is 22.1 Å². The molecule has 0 spiro atoms. The molecule has 216 valence electrons. The van der Waals surface area contributed by atoms with E-state index in [4.69, 9.17) is 16.6 Å².